The monoisotopic (exact) mass is 432 g/mol. The van der Waals surface area contributed by atoms with E-state index in [0.717, 1.165) is 32.1 Å². The molecule has 1 aromatic rings. The number of anilines is 1. The van der Waals surface area contributed by atoms with Crippen LogP contribution in [0, 0.1) is 17.3 Å². The Labute approximate surface area is 185 Å². The van der Waals surface area contributed by atoms with Gasteiger partial charge in [-0.2, -0.15) is 4.39 Å². The van der Waals surface area contributed by atoms with Crippen LogP contribution in [0.1, 0.15) is 63.4 Å². The molecule has 0 spiro atoms. The molecule has 1 saturated carbocycles. The van der Waals surface area contributed by atoms with Crippen LogP contribution in [0.5, 0.6) is 0 Å². The molecule has 172 valence electrons. The summed E-state index contributed by atoms with van der Waals surface area (Å²) in [4.78, 5) is 20.8. The number of hydrogen-bond donors (Lipinski definition) is 1. The summed E-state index contributed by atoms with van der Waals surface area (Å²) >= 11 is 0. The van der Waals surface area contributed by atoms with Crippen molar-refractivity contribution in [2.24, 2.45) is 11.3 Å². The molecule has 3 heterocycles. The molecule has 1 aliphatic carbocycles. The highest BCUT2D eigenvalue weighted by Gasteiger charge is 2.39. The molecular weight excluding hydrogens is 395 g/mol. The topological polar surface area (TPSA) is 57.7 Å². The summed E-state index contributed by atoms with van der Waals surface area (Å²) in [5.74, 6) is -0.0866. The fourth-order valence-electron chi connectivity index (χ4n) is 5.45. The molecule has 1 aromatic heterocycles. The first kappa shape index (κ1) is 22.5. The van der Waals surface area contributed by atoms with Gasteiger partial charge in [0.15, 0.2) is 0 Å². The maximum Gasteiger partial charge on any atom is 0.270 e. The van der Waals surface area contributed by atoms with E-state index in [1.165, 1.54) is 32.1 Å². The number of piperazine rings is 1. The molecule has 1 amide bonds. The van der Waals surface area contributed by atoms with Crippen LogP contribution < -0.4 is 10.2 Å². The minimum Gasteiger partial charge on any atom is -0.377 e. The molecule has 2 saturated heterocycles. The van der Waals surface area contributed by atoms with Gasteiger partial charge in [0.2, 0.25) is 5.95 Å². The maximum absolute atomic E-state index is 14.7. The lowest BCUT2D eigenvalue weighted by molar-refractivity contribution is -0.00356. The zero-order valence-corrected chi connectivity index (χ0v) is 19.2. The number of hydrogen-bond acceptors (Lipinski definition) is 5. The van der Waals surface area contributed by atoms with Gasteiger partial charge in [-0.05, 0) is 42.7 Å². The Morgan fingerprint density at radius 2 is 1.90 bits per heavy atom. The van der Waals surface area contributed by atoms with Crippen molar-refractivity contribution >= 4 is 11.6 Å². The van der Waals surface area contributed by atoms with Gasteiger partial charge in [-0.3, -0.25) is 9.69 Å². The van der Waals surface area contributed by atoms with E-state index in [-0.39, 0.29) is 17.6 Å². The Morgan fingerprint density at radius 3 is 2.48 bits per heavy atom. The van der Waals surface area contributed by atoms with E-state index in [1.807, 2.05) is 0 Å². The van der Waals surface area contributed by atoms with Crippen molar-refractivity contribution in [1.82, 2.24) is 15.2 Å². The number of ether oxygens (including phenoxy) is 1. The van der Waals surface area contributed by atoms with Crippen molar-refractivity contribution in [3.63, 3.8) is 0 Å². The van der Waals surface area contributed by atoms with Gasteiger partial charge in [-0.15, -0.1) is 0 Å². The summed E-state index contributed by atoms with van der Waals surface area (Å²) in [7, 11) is 0. The first-order valence-electron chi connectivity index (χ1n) is 12.0. The first-order valence-corrected chi connectivity index (χ1v) is 12.0. The standard InChI is InChI=1S/C24H37FN4O2/c1-4-24(3,5-2)17-6-7-19(14-17)28-10-12-29(13-11-28)21-9-8-20(27-22(21)25)23(30)26-18-15-31-16-18/h8-9,17-19H,4-7,10-16H2,1-3H3,(H,26,30). The molecule has 0 bridgehead atoms. The van der Waals surface area contributed by atoms with Gasteiger partial charge in [0.1, 0.15) is 5.69 Å². The first-order chi connectivity index (χ1) is 14.9. The number of carbonyl (C=O) groups excluding carboxylic acids is 1. The van der Waals surface area contributed by atoms with Gasteiger partial charge in [0.25, 0.3) is 5.91 Å². The third-order valence-electron chi connectivity index (χ3n) is 8.21. The minimum absolute atomic E-state index is 0.00724. The Hall–Kier alpha value is -1.73. The number of amides is 1. The highest BCUT2D eigenvalue weighted by Crippen LogP contribution is 2.45. The van der Waals surface area contributed by atoms with E-state index in [9.17, 15) is 9.18 Å². The average Bonchev–Trinajstić information content (AvgIpc) is 3.26. The molecule has 2 unspecified atom stereocenters. The van der Waals surface area contributed by atoms with Crippen molar-refractivity contribution in [3.05, 3.63) is 23.8 Å². The molecular formula is C24H37FN4O2. The minimum atomic E-state index is -0.562. The van der Waals surface area contributed by atoms with Gasteiger partial charge in [0, 0.05) is 32.2 Å². The second-order valence-electron chi connectivity index (χ2n) is 9.76. The fraction of sp³-hybridized carbons (Fsp3) is 0.750. The number of halogens is 1. The van der Waals surface area contributed by atoms with Gasteiger partial charge >= 0.3 is 0 Å². The largest absolute Gasteiger partial charge is 0.377 e. The van der Waals surface area contributed by atoms with E-state index in [0.29, 0.717) is 30.4 Å². The molecule has 3 aliphatic rings. The Morgan fingerprint density at radius 1 is 1.19 bits per heavy atom. The lowest BCUT2D eigenvalue weighted by atomic mass is 9.72. The van der Waals surface area contributed by atoms with Crippen LogP contribution in [0.15, 0.2) is 12.1 Å². The van der Waals surface area contributed by atoms with Crippen LogP contribution >= 0.6 is 0 Å². The fourth-order valence-corrected chi connectivity index (χ4v) is 5.45. The number of pyridine rings is 1. The predicted molar refractivity (Wildman–Crippen MR) is 120 cm³/mol. The summed E-state index contributed by atoms with van der Waals surface area (Å²) in [5, 5.41) is 2.80. The maximum atomic E-state index is 14.7. The van der Waals surface area contributed by atoms with E-state index in [2.05, 4.69) is 40.9 Å². The quantitative estimate of drug-likeness (QED) is 0.669. The van der Waals surface area contributed by atoms with Crippen LogP contribution in [0.2, 0.25) is 0 Å². The zero-order chi connectivity index (χ0) is 22.0. The zero-order valence-electron chi connectivity index (χ0n) is 19.2. The van der Waals surface area contributed by atoms with Gasteiger partial charge in [-0.25, -0.2) is 4.98 Å². The summed E-state index contributed by atoms with van der Waals surface area (Å²) < 4.78 is 19.8. The second-order valence-corrected chi connectivity index (χ2v) is 9.76. The molecule has 31 heavy (non-hydrogen) atoms. The third kappa shape index (κ3) is 4.72. The number of carbonyl (C=O) groups is 1. The SMILES string of the molecule is CCC(C)(CC)C1CCC(N2CCN(c3ccc(C(=O)NC4COC4)nc3F)CC2)C1. The van der Waals surface area contributed by atoms with Crippen LogP contribution in [0.25, 0.3) is 0 Å². The van der Waals surface area contributed by atoms with Gasteiger partial charge in [0.05, 0.1) is 24.9 Å². The predicted octanol–water partition coefficient (Wildman–Crippen LogP) is 3.47. The number of nitrogens with zero attached hydrogens (tertiary/aromatic N) is 3. The number of aromatic nitrogens is 1. The molecule has 1 N–H and O–H groups in total. The third-order valence-corrected chi connectivity index (χ3v) is 8.21. The van der Waals surface area contributed by atoms with Crippen LogP contribution in [0.4, 0.5) is 10.1 Å². The summed E-state index contributed by atoms with van der Waals surface area (Å²) in [6.07, 6.45) is 6.42. The van der Waals surface area contributed by atoms with Crippen molar-refractivity contribution in [2.75, 3.05) is 44.3 Å². The summed E-state index contributed by atoms with van der Waals surface area (Å²) in [6, 6.07) is 3.99. The Bertz CT molecular complexity index is 773. The van der Waals surface area contributed by atoms with Crippen molar-refractivity contribution in [1.29, 1.82) is 0 Å². The van der Waals surface area contributed by atoms with Crippen LogP contribution in [0.3, 0.4) is 0 Å². The smallest absolute Gasteiger partial charge is 0.270 e. The molecule has 0 aromatic carbocycles. The second kappa shape index (κ2) is 9.41. The molecule has 2 atom stereocenters. The summed E-state index contributed by atoms with van der Waals surface area (Å²) in [6.45, 7) is 11.6. The van der Waals surface area contributed by atoms with E-state index >= 15 is 0 Å². The van der Waals surface area contributed by atoms with Crippen LogP contribution in [-0.2, 0) is 4.74 Å². The molecule has 7 heteroatoms. The van der Waals surface area contributed by atoms with Crippen molar-refractivity contribution in [2.45, 2.75) is 65.0 Å². The van der Waals surface area contributed by atoms with E-state index < -0.39 is 5.95 Å². The lowest BCUT2D eigenvalue weighted by Gasteiger charge is -2.40. The Balaban J connectivity index is 1.31. The van der Waals surface area contributed by atoms with E-state index in [1.54, 1.807) is 12.1 Å². The normalized spacial score (nSPS) is 25.5. The molecule has 4 rings (SSSR count). The van der Waals surface area contributed by atoms with E-state index in [4.69, 9.17) is 4.74 Å². The molecule has 2 aliphatic heterocycles. The average molecular weight is 433 g/mol. The number of rotatable bonds is 7. The highest BCUT2D eigenvalue weighted by molar-refractivity contribution is 5.92. The van der Waals surface area contributed by atoms with Gasteiger partial charge in [-0.1, -0.05) is 33.6 Å². The molecule has 3 fully saturated rings. The highest BCUT2D eigenvalue weighted by atomic mass is 19.1. The summed E-state index contributed by atoms with van der Waals surface area (Å²) in [5.41, 5.74) is 1.08. The Kier molecular flexibility index (Phi) is 6.82. The van der Waals surface area contributed by atoms with Crippen molar-refractivity contribution in [3.8, 4) is 0 Å². The van der Waals surface area contributed by atoms with Crippen LogP contribution in [-0.4, -0.2) is 67.3 Å². The lowest BCUT2D eigenvalue weighted by Crippen LogP contribution is -2.50. The van der Waals surface area contributed by atoms with Crippen molar-refractivity contribution < 1.29 is 13.9 Å². The molecule has 6 nitrogen and oxygen atoms in total. The molecule has 0 radical (unpaired) electrons. The van der Waals surface area contributed by atoms with Gasteiger partial charge < -0.3 is 15.0 Å². The number of nitrogens with one attached hydrogen (secondary N) is 1.